The van der Waals surface area contributed by atoms with E-state index in [1.165, 1.54) is 9.13 Å². The minimum Gasteiger partial charge on any atom is -0.495 e. The Morgan fingerprint density at radius 2 is 1.81 bits per heavy atom. The van der Waals surface area contributed by atoms with Crippen molar-refractivity contribution in [3.8, 4) is 5.75 Å². The van der Waals surface area contributed by atoms with Crippen LogP contribution in [0, 0.1) is 7.14 Å². The second kappa shape index (κ2) is 5.86. The molecule has 1 aromatic carbocycles. The van der Waals surface area contributed by atoms with Crippen molar-refractivity contribution in [1.29, 1.82) is 0 Å². The maximum atomic E-state index is 5.50. The standard InChI is InChI=1S/C12H16I2O2/c1-12(2,7-15-3)9-5-8(13)6-10(14)11(9)16-4/h5-6H,7H2,1-4H3. The molecular formula is C12H16I2O2. The van der Waals surface area contributed by atoms with Gasteiger partial charge in [0.05, 0.1) is 17.3 Å². The van der Waals surface area contributed by atoms with Crippen LogP contribution in [0.5, 0.6) is 5.75 Å². The lowest BCUT2D eigenvalue weighted by Gasteiger charge is -2.27. The second-order valence-corrected chi connectivity index (χ2v) is 6.69. The van der Waals surface area contributed by atoms with Gasteiger partial charge in [0.1, 0.15) is 5.75 Å². The summed E-state index contributed by atoms with van der Waals surface area (Å²) in [7, 11) is 3.45. The lowest BCUT2D eigenvalue weighted by molar-refractivity contribution is 0.145. The number of benzene rings is 1. The number of ether oxygens (including phenoxy) is 2. The first-order valence-corrected chi connectivity index (χ1v) is 7.10. The Morgan fingerprint density at radius 1 is 1.19 bits per heavy atom. The Labute approximate surface area is 124 Å². The number of halogens is 2. The summed E-state index contributed by atoms with van der Waals surface area (Å²) in [5, 5.41) is 0. The number of methoxy groups -OCH3 is 2. The fourth-order valence-corrected chi connectivity index (χ4v) is 3.77. The molecule has 0 saturated carbocycles. The van der Waals surface area contributed by atoms with E-state index in [1.54, 1.807) is 14.2 Å². The van der Waals surface area contributed by atoms with Crippen LogP contribution in [0.2, 0.25) is 0 Å². The summed E-state index contributed by atoms with van der Waals surface area (Å²) >= 11 is 4.64. The quantitative estimate of drug-likeness (QED) is 0.656. The van der Waals surface area contributed by atoms with E-state index in [4.69, 9.17) is 9.47 Å². The first-order chi connectivity index (χ1) is 7.42. The van der Waals surface area contributed by atoms with E-state index in [9.17, 15) is 0 Å². The van der Waals surface area contributed by atoms with Crippen LogP contribution in [0.1, 0.15) is 19.4 Å². The zero-order chi connectivity index (χ0) is 12.3. The van der Waals surface area contributed by atoms with E-state index in [0.29, 0.717) is 6.61 Å². The minimum absolute atomic E-state index is 0.0405. The average Bonchev–Trinajstić information content (AvgIpc) is 2.16. The molecule has 0 unspecified atom stereocenters. The largest absolute Gasteiger partial charge is 0.495 e. The van der Waals surface area contributed by atoms with Crippen molar-refractivity contribution in [2.24, 2.45) is 0 Å². The van der Waals surface area contributed by atoms with Gasteiger partial charge in [-0.2, -0.15) is 0 Å². The van der Waals surface area contributed by atoms with Gasteiger partial charge in [0, 0.05) is 21.7 Å². The van der Waals surface area contributed by atoms with Crippen LogP contribution in [0.4, 0.5) is 0 Å². The summed E-state index contributed by atoms with van der Waals surface area (Å²) in [6, 6.07) is 4.28. The highest BCUT2D eigenvalue weighted by Gasteiger charge is 2.26. The first-order valence-electron chi connectivity index (χ1n) is 4.95. The van der Waals surface area contributed by atoms with Crippen molar-refractivity contribution < 1.29 is 9.47 Å². The predicted molar refractivity (Wildman–Crippen MR) is 83.3 cm³/mol. The van der Waals surface area contributed by atoms with E-state index >= 15 is 0 Å². The van der Waals surface area contributed by atoms with E-state index < -0.39 is 0 Å². The monoisotopic (exact) mass is 446 g/mol. The second-order valence-electron chi connectivity index (χ2n) is 4.29. The molecule has 0 N–H and O–H groups in total. The molecule has 0 saturated heterocycles. The molecule has 4 heteroatoms. The van der Waals surface area contributed by atoms with Gasteiger partial charge in [0.15, 0.2) is 0 Å². The molecule has 0 aliphatic carbocycles. The predicted octanol–water partition coefficient (Wildman–Crippen LogP) is 3.83. The topological polar surface area (TPSA) is 18.5 Å². The molecule has 16 heavy (non-hydrogen) atoms. The summed E-state index contributed by atoms with van der Waals surface area (Å²) < 4.78 is 13.1. The third kappa shape index (κ3) is 3.22. The first kappa shape index (κ1) is 14.5. The molecule has 0 fully saturated rings. The van der Waals surface area contributed by atoms with Gasteiger partial charge < -0.3 is 9.47 Å². The minimum atomic E-state index is -0.0405. The zero-order valence-electron chi connectivity index (χ0n) is 9.93. The van der Waals surface area contributed by atoms with Crippen LogP contribution in [0.15, 0.2) is 12.1 Å². The molecule has 2 nitrogen and oxygen atoms in total. The van der Waals surface area contributed by atoms with Gasteiger partial charge in [-0.15, -0.1) is 0 Å². The summed E-state index contributed by atoms with van der Waals surface area (Å²) in [5.41, 5.74) is 1.16. The van der Waals surface area contributed by atoms with E-state index in [1.807, 2.05) is 0 Å². The summed E-state index contributed by atoms with van der Waals surface area (Å²) in [6.07, 6.45) is 0. The van der Waals surface area contributed by atoms with Gasteiger partial charge >= 0.3 is 0 Å². The van der Waals surface area contributed by atoms with Gasteiger partial charge in [0.25, 0.3) is 0 Å². The van der Waals surface area contributed by atoms with Crippen LogP contribution >= 0.6 is 45.2 Å². The lowest BCUT2D eigenvalue weighted by Crippen LogP contribution is -2.24. The molecular weight excluding hydrogens is 430 g/mol. The van der Waals surface area contributed by atoms with Gasteiger partial charge in [-0.1, -0.05) is 13.8 Å². The van der Waals surface area contributed by atoms with Crippen molar-refractivity contribution in [3.63, 3.8) is 0 Å². The highest BCUT2D eigenvalue weighted by molar-refractivity contribution is 14.1. The van der Waals surface area contributed by atoms with E-state index in [2.05, 4.69) is 71.2 Å². The van der Waals surface area contributed by atoms with Gasteiger partial charge in [0.2, 0.25) is 0 Å². The van der Waals surface area contributed by atoms with Crippen LogP contribution < -0.4 is 4.74 Å². The molecule has 1 rings (SSSR count). The highest BCUT2D eigenvalue weighted by atomic mass is 127. The third-order valence-electron chi connectivity index (χ3n) is 2.45. The van der Waals surface area contributed by atoms with E-state index in [0.717, 1.165) is 9.32 Å². The fraction of sp³-hybridized carbons (Fsp3) is 0.500. The SMILES string of the molecule is COCC(C)(C)c1cc(I)cc(I)c1OC. The molecule has 0 atom stereocenters. The zero-order valence-corrected chi connectivity index (χ0v) is 14.2. The molecule has 0 amide bonds. The lowest BCUT2D eigenvalue weighted by atomic mass is 9.85. The van der Waals surface area contributed by atoms with Crippen LogP contribution in [-0.2, 0) is 10.2 Å². The molecule has 0 bridgehead atoms. The van der Waals surface area contributed by atoms with Crippen molar-refractivity contribution >= 4 is 45.2 Å². The Balaban J connectivity index is 3.30. The van der Waals surface area contributed by atoms with Crippen LogP contribution in [0.25, 0.3) is 0 Å². The normalized spacial score (nSPS) is 11.6. The van der Waals surface area contributed by atoms with Crippen molar-refractivity contribution in [2.75, 3.05) is 20.8 Å². The van der Waals surface area contributed by atoms with Crippen LogP contribution in [0.3, 0.4) is 0 Å². The Kier molecular flexibility index (Phi) is 5.31. The van der Waals surface area contributed by atoms with Crippen LogP contribution in [-0.4, -0.2) is 20.8 Å². The maximum Gasteiger partial charge on any atom is 0.136 e. The molecule has 0 aliphatic heterocycles. The highest BCUT2D eigenvalue weighted by Crippen LogP contribution is 2.36. The Bertz CT molecular complexity index is 376. The summed E-state index contributed by atoms with van der Waals surface area (Å²) in [6.45, 7) is 5.01. The third-order valence-corrected chi connectivity index (χ3v) is 3.87. The Hall–Kier alpha value is 0.440. The molecule has 0 aromatic heterocycles. The summed E-state index contributed by atoms with van der Waals surface area (Å²) in [4.78, 5) is 0. The average molecular weight is 446 g/mol. The molecule has 1 aromatic rings. The van der Waals surface area contributed by atoms with Gasteiger partial charge in [-0.25, -0.2) is 0 Å². The van der Waals surface area contributed by atoms with Crippen molar-refractivity contribution in [3.05, 3.63) is 24.8 Å². The molecule has 0 heterocycles. The fourth-order valence-electron chi connectivity index (χ4n) is 1.71. The number of hydrogen-bond acceptors (Lipinski definition) is 2. The smallest absolute Gasteiger partial charge is 0.136 e. The van der Waals surface area contributed by atoms with Gasteiger partial charge in [-0.3, -0.25) is 0 Å². The summed E-state index contributed by atoms with van der Waals surface area (Å²) in [5.74, 6) is 0.961. The Morgan fingerprint density at radius 3 is 2.31 bits per heavy atom. The molecule has 0 aliphatic rings. The maximum absolute atomic E-state index is 5.50. The van der Waals surface area contributed by atoms with Crippen molar-refractivity contribution in [2.45, 2.75) is 19.3 Å². The molecule has 90 valence electrons. The van der Waals surface area contributed by atoms with Crippen molar-refractivity contribution in [1.82, 2.24) is 0 Å². The molecule has 0 radical (unpaired) electrons. The van der Waals surface area contributed by atoms with Gasteiger partial charge in [-0.05, 0) is 57.3 Å². The number of rotatable bonds is 4. The number of hydrogen-bond donors (Lipinski definition) is 0. The van der Waals surface area contributed by atoms with E-state index in [-0.39, 0.29) is 5.41 Å². The molecule has 0 spiro atoms.